The third-order valence-corrected chi connectivity index (χ3v) is 2.36. The number of halogens is 1. The van der Waals surface area contributed by atoms with Crippen LogP contribution >= 0.6 is 15.9 Å². The predicted molar refractivity (Wildman–Crippen MR) is 59.4 cm³/mol. The lowest BCUT2D eigenvalue weighted by atomic mass is 10.2. The number of methoxy groups -OCH3 is 1. The van der Waals surface area contributed by atoms with Gasteiger partial charge in [-0.15, -0.1) is 0 Å². The van der Waals surface area contributed by atoms with Crippen LogP contribution in [0.3, 0.4) is 0 Å². The number of hydroxylamine groups is 1. The first-order valence-corrected chi connectivity index (χ1v) is 5.20. The van der Waals surface area contributed by atoms with E-state index >= 15 is 0 Å². The Morgan fingerprint density at radius 1 is 1.40 bits per heavy atom. The molecule has 0 aromatic heterocycles. The smallest absolute Gasteiger partial charge is 0.275 e. The quantitative estimate of drug-likeness (QED) is 0.657. The van der Waals surface area contributed by atoms with E-state index in [2.05, 4.69) is 21.4 Å². The Balaban J connectivity index is 2.44. The normalized spacial score (nSPS) is 10.0. The van der Waals surface area contributed by atoms with Gasteiger partial charge in [0.25, 0.3) is 5.91 Å². The standard InChI is InChI=1S/C10H12BrNO3/c1-14-6-7-15-12-10(13)8-4-2-3-5-9(8)11/h2-5H,6-7H2,1H3,(H,12,13). The molecule has 0 fully saturated rings. The van der Waals surface area contributed by atoms with Crippen LogP contribution in [0.4, 0.5) is 0 Å². The van der Waals surface area contributed by atoms with Crippen LogP contribution in [-0.4, -0.2) is 26.2 Å². The molecule has 0 saturated heterocycles. The lowest BCUT2D eigenvalue weighted by molar-refractivity contribution is 0.00884. The Hall–Kier alpha value is -0.910. The molecule has 0 bridgehead atoms. The average Bonchev–Trinajstić information content (AvgIpc) is 2.25. The number of carbonyl (C=O) groups excluding carboxylic acids is 1. The van der Waals surface area contributed by atoms with Gasteiger partial charge in [0.2, 0.25) is 0 Å². The van der Waals surface area contributed by atoms with Crippen molar-refractivity contribution >= 4 is 21.8 Å². The first kappa shape index (κ1) is 12.2. The summed E-state index contributed by atoms with van der Waals surface area (Å²) in [5, 5.41) is 0. The minimum Gasteiger partial charge on any atom is -0.382 e. The summed E-state index contributed by atoms with van der Waals surface area (Å²) < 4.78 is 5.50. The van der Waals surface area contributed by atoms with Gasteiger partial charge in [0.15, 0.2) is 0 Å². The van der Waals surface area contributed by atoms with Gasteiger partial charge in [-0.1, -0.05) is 12.1 Å². The topological polar surface area (TPSA) is 47.6 Å². The van der Waals surface area contributed by atoms with Gasteiger partial charge < -0.3 is 4.74 Å². The molecule has 0 heterocycles. The Morgan fingerprint density at radius 3 is 2.80 bits per heavy atom. The van der Waals surface area contributed by atoms with Crippen LogP contribution < -0.4 is 5.48 Å². The molecule has 0 aliphatic rings. The lowest BCUT2D eigenvalue weighted by Crippen LogP contribution is -2.25. The molecule has 0 radical (unpaired) electrons. The van der Waals surface area contributed by atoms with Gasteiger partial charge in [-0.3, -0.25) is 9.63 Å². The molecular weight excluding hydrogens is 262 g/mol. The maximum Gasteiger partial charge on any atom is 0.275 e. The molecule has 1 amide bonds. The molecule has 0 aliphatic heterocycles. The van der Waals surface area contributed by atoms with E-state index in [1.165, 1.54) is 0 Å². The van der Waals surface area contributed by atoms with Crippen LogP contribution in [-0.2, 0) is 9.57 Å². The molecule has 0 unspecified atom stereocenters. The van der Waals surface area contributed by atoms with Crippen LogP contribution in [0.25, 0.3) is 0 Å². The SMILES string of the molecule is COCCONC(=O)c1ccccc1Br. The van der Waals surface area contributed by atoms with Crippen molar-refractivity contribution in [3.05, 3.63) is 34.3 Å². The van der Waals surface area contributed by atoms with Crippen molar-refractivity contribution in [3.63, 3.8) is 0 Å². The molecule has 5 heteroatoms. The summed E-state index contributed by atoms with van der Waals surface area (Å²) in [5.74, 6) is -0.279. The summed E-state index contributed by atoms with van der Waals surface area (Å²) in [6.07, 6.45) is 0. The molecule has 1 aromatic rings. The maximum absolute atomic E-state index is 11.5. The second-order valence-corrected chi connectivity index (χ2v) is 3.61. The average molecular weight is 274 g/mol. The van der Waals surface area contributed by atoms with Crippen molar-refractivity contribution in [2.45, 2.75) is 0 Å². The van der Waals surface area contributed by atoms with E-state index in [4.69, 9.17) is 9.57 Å². The number of hydrogen-bond acceptors (Lipinski definition) is 3. The van der Waals surface area contributed by atoms with Gasteiger partial charge in [-0.2, -0.15) is 0 Å². The number of hydrogen-bond donors (Lipinski definition) is 1. The lowest BCUT2D eigenvalue weighted by Gasteiger charge is -2.06. The molecule has 0 saturated carbocycles. The number of benzene rings is 1. The molecule has 15 heavy (non-hydrogen) atoms. The highest BCUT2D eigenvalue weighted by molar-refractivity contribution is 9.10. The Labute approximate surface area is 96.7 Å². The number of carbonyl (C=O) groups is 1. The predicted octanol–water partition coefficient (Wildman–Crippen LogP) is 1.76. The van der Waals surface area contributed by atoms with Crippen LogP contribution in [0.1, 0.15) is 10.4 Å². The van der Waals surface area contributed by atoms with Crippen LogP contribution in [0, 0.1) is 0 Å². The van der Waals surface area contributed by atoms with E-state index < -0.39 is 0 Å². The fraction of sp³-hybridized carbons (Fsp3) is 0.300. The molecule has 0 atom stereocenters. The van der Waals surface area contributed by atoms with Crippen LogP contribution in [0.5, 0.6) is 0 Å². The van der Waals surface area contributed by atoms with E-state index in [9.17, 15) is 4.79 Å². The van der Waals surface area contributed by atoms with Crippen molar-refractivity contribution in [1.29, 1.82) is 0 Å². The zero-order valence-electron chi connectivity index (χ0n) is 8.33. The highest BCUT2D eigenvalue weighted by atomic mass is 79.9. The number of nitrogens with one attached hydrogen (secondary N) is 1. The van der Waals surface area contributed by atoms with Crippen molar-refractivity contribution in [1.82, 2.24) is 5.48 Å². The van der Waals surface area contributed by atoms with Gasteiger partial charge in [-0.25, -0.2) is 5.48 Å². The summed E-state index contributed by atoms with van der Waals surface area (Å²) in [4.78, 5) is 16.4. The van der Waals surface area contributed by atoms with E-state index in [-0.39, 0.29) is 5.91 Å². The fourth-order valence-corrected chi connectivity index (χ4v) is 1.41. The van der Waals surface area contributed by atoms with E-state index in [0.29, 0.717) is 18.8 Å². The zero-order chi connectivity index (χ0) is 11.1. The Kier molecular flexibility index (Phi) is 5.31. The van der Waals surface area contributed by atoms with E-state index in [1.807, 2.05) is 6.07 Å². The minimum absolute atomic E-state index is 0.279. The second-order valence-electron chi connectivity index (χ2n) is 2.75. The molecule has 1 rings (SSSR count). The summed E-state index contributed by atoms with van der Waals surface area (Å²) in [5.41, 5.74) is 2.86. The van der Waals surface area contributed by atoms with Gasteiger partial charge in [0.1, 0.15) is 0 Å². The molecule has 1 aromatic carbocycles. The Bertz CT molecular complexity index is 330. The van der Waals surface area contributed by atoms with E-state index in [0.717, 1.165) is 4.47 Å². The summed E-state index contributed by atoms with van der Waals surface area (Å²) in [7, 11) is 1.57. The zero-order valence-corrected chi connectivity index (χ0v) is 9.91. The fourth-order valence-electron chi connectivity index (χ4n) is 0.942. The van der Waals surface area contributed by atoms with Gasteiger partial charge in [-0.05, 0) is 28.1 Å². The summed E-state index contributed by atoms with van der Waals surface area (Å²) in [6.45, 7) is 0.767. The van der Waals surface area contributed by atoms with Crippen LogP contribution in [0.15, 0.2) is 28.7 Å². The van der Waals surface area contributed by atoms with Gasteiger partial charge >= 0.3 is 0 Å². The van der Waals surface area contributed by atoms with Crippen molar-refractivity contribution in [2.24, 2.45) is 0 Å². The highest BCUT2D eigenvalue weighted by Crippen LogP contribution is 2.15. The summed E-state index contributed by atoms with van der Waals surface area (Å²) in [6, 6.07) is 7.13. The largest absolute Gasteiger partial charge is 0.382 e. The monoisotopic (exact) mass is 273 g/mol. The van der Waals surface area contributed by atoms with Gasteiger partial charge in [0.05, 0.1) is 18.8 Å². The number of ether oxygens (including phenoxy) is 1. The molecular formula is C10H12BrNO3. The number of amides is 1. The van der Waals surface area contributed by atoms with Crippen LogP contribution in [0.2, 0.25) is 0 Å². The molecule has 0 spiro atoms. The molecule has 1 N–H and O–H groups in total. The highest BCUT2D eigenvalue weighted by Gasteiger charge is 2.08. The van der Waals surface area contributed by atoms with Crippen molar-refractivity contribution in [2.75, 3.05) is 20.3 Å². The second kappa shape index (κ2) is 6.55. The van der Waals surface area contributed by atoms with E-state index in [1.54, 1.807) is 25.3 Å². The molecule has 82 valence electrons. The first-order valence-electron chi connectivity index (χ1n) is 4.41. The minimum atomic E-state index is -0.279. The maximum atomic E-state index is 11.5. The number of rotatable bonds is 5. The first-order chi connectivity index (χ1) is 7.25. The van der Waals surface area contributed by atoms with Crippen molar-refractivity contribution < 1.29 is 14.4 Å². The Morgan fingerprint density at radius 2 is 2.13 bits per heavy atom. The molecule has 4 nitrogen and oxygen atoms in total. The third kappa shape index (κ3) is 3.99. The van der Waals surface area contributed by atoms with Gasteiger partial charge in [0, 0.05) is 11.6 Å². The van der Waals surface area contributed by atoms with Crippen molar-refractivity contribution in [3.8, 4) is 0 Å². The third-order valence-electron chi connectivity index (χ3n) is 1.67. The summed E-state index contributed by atoms with van der Waals surface area (Å²) >= 11 is 3.28. The molecule has 0 aliphatic carbocycles.